The number of hydrogen-bond acceptors (Lipinski definition) is 4. The zero-order valence-corrected chi connectivity index (χ0v) is 13.1. The van der Waals surface area contributed by atoms with Gasteiger partial charge in [-0.1, -0.05) is 26.0 Å². The van der Waals surface area contributed by atoms with Crippen molar-refractivity contribution in [3.63, 3.8) is 0 Å². The summed E-state index contributed by atoms with van der Waals surface area (Å²) in [7, 11) is 0. The Bertz CT molecular complexity index is 802. The van der Waals surface area contributed by atoms with Crippen molar-refractivity contribution in [2.24, 2.45) is 0 Å². The minimum atomic E-state index is -0.955. The fraction of sp³-hybridized carbons (Fsp3) is 0.235. The molecule has 1 aromatic carbocycles. The van der Waals surface area contributed by atoms with Crippen LogP contribution in [0.15, 0.2) is 29.7 Å². The maximum Gasteiger partial charge on any atom is 0.335 e. The second-order valence-electron chi connectivity index (χ2n) is 5.56. The highest BCUT2D eigenvalue weighted by Crippen LogP contribution is 2.32. The van der Waals surface area contributed by atoms with E-state index >= 15 is 0 Å². The van der Waals surface area contributed by atoms with E-state index in [2.05, 4.69) is 4.98 Å². The number of ketones is 1. The van der Waals surface area contributed by atoms with Gasteiger partial charge in [0.05, 0.1) is 11.3 Å². The zero-order chi connectivity index (χ0) is 15.9. The number of aromatic nitrogens is 1. The van der Waals surface area contributed by atoms with Crippen LogP contribution in [-0.4, -0.2) is 21.8 Å². The van der Waals surface area contributed by atoms with Crippen molar-refractivity contribution < 1.29 is 14.7 Å². The molecule has 4 nitrogen and oxygen atoms in total. The molecular weight excluding hydrogens is 298 g/mol. The van der Waals surface area contributed by atoms with Gasteiger partial charge in [-0.15, -0.1) is 11.3 Å². The van der Waals surface area contributed by atoms with Crippen molar-refractivity contribution in [3.8, 4) is 0 Å². The first kappa shape index (κ1) is 14.7. The molecule has 3 rings (SSSR count). The number of carboxylic acids is 1. The fourth-order valence-corrected chi connectivity index (χ4v) is 3.40. The quantitative estimate of drug-likeness (QED) is 0.872. The van der Waals surface area contributed by atoms with Crippen LogP contribution in [0.25, 0.3) is 5.57 Å². The van der Waals surface area contributed by atoms with Gasteiger partial charge in [0.25, 0.3) is 0 Å². The molecule has 1 heterocycles. The molecule has 0 aliphatic heterocycles. The maximum atomic E-state index is 12.6. The molecule has 0 bridgehead atoms. The Balaban J connectivity index is 1.91. The van der Waals surface area contributed by atoms with Crippen LogP contribution in [-0.2, 0) is 6.42 Å². The first-order valence-corrected chi connectivity index (χ1v) is 7.92. The predicted molar refractivity (Wildman–Crippen MR) is 85.6 cm³/mol. The Kier molecular flexibility index (Phi) is 3.66. The summed E-state index contributed by atoms with van der Waals surface area (Å²) in [6, 6.07) is 4.89. The number of thiazole rings is 1. The molecule has 1 aliphatic carbocycles. The minimum absolute atomic E-state index is 0.0845. The summed E-state index contributed by atoms with van der Waals surface area (Å²) in [5.74, 6) is -0.747. The third kappa shape index (κ3) is 2.48. The number of carboxylic acid groups (broad SMARTS) is 1. The molecule has 0 spiro atoms. The lowest BCUT2D eigenvalue weighted by molar-refractivity contribution is 0.0696. The lowest BCUT2D eigenvalue weighted by Gasteiger charge is -2.05. The Morgan fingerprint density at radius 2 is 2.09 bits per heavy atom. The number of Topliss-reactive ketones (excluding diaryl/α,β-unsaturated/α-hetero) is 1. The lowest BCUT2D eigenvalue weighted by atomic mass is 10.0. The Labute approximate surface area is 132 Å². The number of carbonyl (C=O) groups is 2. The molecule has 112 valence electrons. The number of carbonyl (C=O) groups excluding carboxylic acids is 1. The smallest absolute Gasteiger partial charge is 0.335 e. The standard InChI is InChI=1S/C17H15NO3S/c1-9(2)14-8-22-16(18-14)15(19)13-6-3-10-7-11(17(20)21)4-5-12(10)13/h4-9H,3H2,1-2H3,(H,20,21). The monoisotopic (exact) mass is 313 g/mol. The fourth-order valence-electron chi connectivity index (χ4n) is 2.47. The van der Waals surface area contributed by atoms with Crippen molar-refractivity contribution in [3.05, 3.63) is 57.0 Å². The highest BCUT2D eigenvalue weighted by atomic mass is 32.1. The Hall–Kier alpha value is -2.27. The van der Waals surface area contributed by atoms with E-state index in [4.69, 9.17) is 5.11 Å². The van der Waals surface area contributed by atoms with Gasteiger partial charge in [0.1, 0.15) is 0 Å². The number of nitrogens with zero attached hydrogens (tertiary/aromatic N) is 1. The van der Waals surface area contributed by atoms with E-state index in [-0.39, 0.29) is 11.3 Å². The van der Waals surface area contributed by atoms with E-state index in [0.717, 1.165) is 16.8 Å². The first-order chi connectivity index (χ1) is 10.5. The summed E-state index contributed by atoms with van der Waals surface area (Å²) in [6.07, 6.45) is 2.44. The van der Waals surface area contributed by atoms with Gasteiger partial charge in [0.2, 0.25) is 5.78 Å². The summed E-state index contributed by atoms with van der Waals surface area (Å²) in [6.45, 7) is 4.09. The van der Waals surface area contributed by atoms with Gasteiger partial charge in [0, 0.05) is 11.0 Å². The van der Waals surface area contributed by atoms with Crippen LogP contribution in [0, 0.1) is 0 Å². The van der Waals surface area contributed by atoms with Gasteiger partial charge in [-0.2, -0.15) is 0 Å². The molecule has 5 heteroatoms. The number of hydrogen-bond donors (Lipinski definition) is 1. The second kappa shape index (κ2) is 5.50. The lowest BCUT2D eigenvalue weighted by Crippen LogP contribution is -2.03. The SMILES string of the molecule is CC(C)c1csc(C(=O)C2=CCc3cc(C(=O)O)ccc32)n1. The molecule has 0 saturated heterocycles. The molecule has 1 aromatic heterocycles. The average Bonchev–Trinajstić information content (AvgIpc) is 3.13. The summed E-state index contributed by atoms with van der Waals surface area (Å²) in [4.78, 5) is 28.0. The van der Waals surface area contributed by atoms with Crippen LogP contribution in [0.2, 0.25) is 0 Å². The Morgan fingerprint density at radius 3 is 2.73 bits per heavy atom. The Morgan fingerprint density at radius 1 is 1.32 bits per heavy atom. The molecular formula is C17H15NO3S. The molecule has 0 fully saturated rings. The van der Waals surface area contributed by atoms with Gasteiger partial charge < -0.3 is 5.11 Å². The molecule has 1 aliphatic rings. The number of rotatable bonds is 4. The summed E-state index contributed by atoms with van der Waals surface area (Å²) < 4.78 is 0. The third-order valence-electron chi connectivity index (χ3n) is 3.72. The van der Waals surface area contributed by atoms with E-state index in [1.165, 1.54) is 17.4 Å². The van der Waals surface area contributed by atoms with Gasteiger partial charge in [-0.05, 0) is 35.6 Å². The largest absolute Gasteiger partial charge is 0.478 e. The summed E-state index contributed by atoms with van der Waals surface area (Å²) in [5.41, 5.74) is 3.49. The molecule has 22 heavy (non-hydrogen) atoms. The molecule has 0 radical (unpaired) electrons. The summed E-state index contributed by atoms with van der Waals surface area (Å²) >= 11 is 1.36. The topological polar surface area (TPSA) is 67.3 Å². The highest BCUT2D eigenvalue weighted by Gasteiger charge is 2.24. The van der Waals surface area contributed by atoms with Crippen molar-refractivity contribution >= 4 is 28.7 Å². The predicted octanol–water partition coefficient (Wildman–Crippen LogP) is 3.79. The number of allylic oxidation sites excluding steroid dienone is 2. The minimum Gasteiger partial charge on any atom is -0.478 e. The molecule has 2 aromatic rings. The van der Waals surface area contributed by atoms with Crippen molar-refractivity contribution in [2.45, 2.75) is 26.2 Å². The molecule has 1 N–H and O–H groups in total. The first-order valence-electron chi connectivity index (χ1n) is 7.04. The van der Waals surface area contributed by atoms with Crippen LogP contribution in [0.4, 0.5) is 0 Å². The highest BCUT2D eigenvalue weighted by molar-refractivity contribution is 7.12. The normalized spacial score (nSPS) is 13.1. The van der Waals surface area contributed by atoms with Crippen molar-refractivity contribution in [2.75, 3.05) is 0 Å². The van der Waals surface area contributed by atoms with Crippen LogP contribution in [0.1, 0.15) is 56.7 Å². The van der Waals surface area contributed by atoms with E-state index in [1.807, 2.05) is 25.3 Å². The van der Waals surface area contributed by atoms with Crippen LogP contribution in [0.3, 0.4) is 0 Å². The second-order valence-corrected chi connectivity index (χ2v) is 6.42. The maximum absolute atomic E-state index is 12.6. The van der Waals surface area contributed by atoms with E-state index < -0.39 is 5.97 Å². The number of aromatic carboxylic acids is 1. The van der Waals surface area contributed by atoms with E-state index in [9.17, 15) is 9.59 Å². The van der Waals surface area contributed by atoms with Crippen LogP contribution >= 0.6 is 11.3 Å². The zero-order valence-electron chi connectivity index (χ0n) is 12.3. The summed E-state index contributed by atoms with van der Waals surface area (Å²) in [5, 5.41) is 11.4. The number of benzene rings is 1. The third-order valence-corrected chi connectivity index (χ3v) is 4.58. The van der Waals surface area contributed by atoms with Crippen molar-refractivity contribution in [1.29, 1.82) is 0 Å². The number of fused-ring (bicyclic) bond motifs is 1. The average molecular weight is 313 g/mol. The van der Waals surface area contributed by atoms with Gasteiger partial charge >= 0.3 is 5.97 Å². The molecule has 0 unspecified atom stereocenters. The van der Waals surface area contributed by atoms with Crippen molar-refractivity contribution in [1.82, 2.24) is 4.98 Å². The van der Waals surface area contributed by atoms with Crippen LogP contribution < -0.4 is 0 Å². The van der Waals surface area contributed by atoms with Gasteiger partial charge in [-0.3, -0.25) is 4.79 Å². The van der Waals surface area contributed by atoms with Gasteiger partial charge in [0.15, 0.2) is 5.01 Å². The van der Waals surface area contributed by atoms with E-state index in [0.29, 0.717) is 22.9 Å². The van der Waals surface area contributed by atoms with Crippen LogP contribution in [0.5, 0.6) is 0 Å². The molecule has 0 atom stereocenters. The molecule has 0 saturated carbocycles. The van der Waals surface area contributed by atoms with Gasteiger partial charge in [-0.25, -0.2) is 9.78 Å². The van der Waals surface area contributed by atoms with E-state index in [1.54, 1.807) is 12.1 Å². The molecule has 0 amide bonds.